The molecule has 21 heavy (non-hydrogen) atoms. The van der Waals surface area contributed by atoms with Crippen LogP contribution in [0, 0.1) is 13.8 Å². The van der Waals surface area contributed by atoms with Gasteiger partial charge in [0.1, 0.15) is 5.01 Å². The average molecular weight is 304 g/mol. The first-order valence-electron chi connectivity index (χ1n) is 6.47. The van der Waals surface area contributed by atoms with Gasteiger partial charge in [0.25, 0.3) is 0 Å². The van der Waals surface area contributed by atoms with Crippen LogP contribution in [0.15, 0.2) is 23.6 Å². The summed E-state index contributed by atoms with van der Waals surface area (Å²) in [5.74, 6) is -1.08. The molecule has 2 N–H and O–H groups in total. The number of carbonyl (C=O) groups is 2. The number of benzene rings is 1. The van der Waals surface area contributed by atoms with Gasteiger partial charge in [-0.3, -0.25) is 9.59 Å². The normalized spacial score (nSPS) is 10.4. The van der Waals surface area contributed by atoms with E-state index in [0.717, 1.165) is 16.8 Å². The van der Waals surface area contributed by atoms with Gasteiger partial charge in [0, 0.05) is 11.1 Å². The van der Waals surface area contributed by atoms with Crippen LogP contribution in [-0.2, 0) is 22.4 Å². The summed E-state index contributed by atoms with van der Waals surface area (Å²) in [5.41, 5.74) is 3.44. The Morgan fingerprint density at radius 3 is 2.76 bits per heavy atom. The molecule has 0 unspecified atom stereocenters. The van der Waals surface area contributed by atoms with Gasteiger partial charge in [-0.15, -0.1) is 11.3 Å². The van der Waals surface area contributed by atoms with Gasteiger partial charge in [0.05, 0.1) is 18.5 Å². The molecule has 1 heterocycles. The first kappa shape index (κ1) is 15.2. The number of amides is 1. The van der Waals surface area contributed by atoms with Gasteiger partial charge in [-0.25, -0.2) is 4.98 Å². The fraction of sp³-hybridized carbons (Fsp3) is 0.267. The third kappa shape index (κ3) is 4.13. The van der Waals surface area contributed by atoms with E-state index in [1.54, 1.807) is 5.38 Å². The Morgan fingerprint density at radius 1 is 1.29 bits per heavy atom. The number of aryl methyl sites for hydroxylation is 1. The number of thiazole rings is 1. The standard InChI is InChI=1S/C15H16N2O3S/c1-9-4-3-5-12(10(9)2)17-13(18)7-14-16-11(8-21-14)6-15(19)20/h3-5,8H,6-7H2,1-2H3,(H,17,18)(H,19,20). The minimum absolute atomic E-state index is 0.116. The van der Waals surface area contributed by atoms with Crippen LogP contribution in [0.1, 0.15) is 21.8 Å². The minimum atomic E-state index is -0.924. The summed E-state index contributed by atoms with van der Waals surface area (Å²) in [4.78, 5) is 26.8. The van der Waals surface area contributed by atoms with E-state index < -0.39 is 5.97 Å². The predicted octanol–water partition coefficient (Wildman–Crippen LogP) is 2.57. The zero-order valence-electron chi connectivity index (χ0n) is 11.8. The largest absolute Gasteiger partial charge is 0.481 e. The second kappa shape index (κ2) is 6.49. The van der Waals surface area contributed by atoms with Crippen LogP contribution in [0.25, 0.3) is 0 Å². The van der Waals surface area contributed by atoms with E-state index in [1.165, 1.54) is 11.3 Å². The summed E-state index contributed by atoms with van der Waals surface area (Å²) in [6.07, 6.45) is 0.0345. The lowest BCUT2D eigenvalue weighted by Gasteiger charge is -2.09. The highest BCUT2D eigenvalue weighted by molar-refractivity contribution is 7.09. The number of hydrogen-bond donors (Lipinski definition) is 2. The Kier molecular flexibility index (Phi) is 4.70. The van der Waals surface area contributed by atoms with Crippen LogP contribution < -0.4 is 5.32 Å². The van der Waals surface area contributed by atoms with Gasteiger partial charge in [-0.1, -0.05) is 12.1 Å². The van der Waals surface area contributed by atoms with Crippen LogP contribution in [0.3, 0.4) is 0 Å². The Morgan fingerprint density at radius 2 is 2.05 bits per heavy atom. The summed E-state index contributed by atoms with van der Waals surface area (Å²) in [6, 6.07) is 5.74. The molecule has 0 fully saturated rings. The van der Waals surface area contributed by atoms with Crippen LogP contribution in [-0.4, -0.2) is 22.0 Å². The fourth-order valence-electron chi connectivity index (χ4n) is 1.88. The van der Waals surface area contributed by atoms with E-state index in [9.17, 15) is 9.59 Å². The number of carboxylic acid groups (broad SMARTS) is 1. The second-order valence-electron chi connectivity index (χ2n) is 4.78. The number of hydrogen-bond acceptors (Lipinski definition) is 4. The molecule has 0 radical (unpaired) electrons. The number of aliphatic carboxylic acids is 1. The third-order valence-electron chi connectivity index (χ3n) is 3.12. The van der Waals surface area contributed by atoms with Crippen LogP contribution in [0.4, 0.5) is 5.69 Å². The molecule has 2 aromatic rings. The van der Waals surface area contributed by atoms with Gasteiger partial charge in [0.15, 0.2) is 0 Å². The molecule has 1 aromatic heterocycles. The van der Waals surface area contributed by atoms with Crippen molar-refractivity contribution >= 4 is 28.9 Å². The Hall–Kier alpha value is -2.21. The maximum atomic E-state index is 12.0. The molecule has 1 amide bonds. The van der Waals surface area contributed by atoms with Crippen molar-refractivity contribution in [1.29, 1.82) is 0 Å². The van der Waals surface area contributed by atoms with Crippen molar-refractivity contribution in [3.05, 3.63) is 45.4 Å². The van der Waals surface area contributed by atoms with Crippen molar-refractivity contribution in [2.75, 3.05) is 5.32 Å². The van der Waals surface area contributed by atoms with Crippen molar-refractivity contribution in [2.45, 2.75) is 26.7 Å². The van der Waals surface area contributed by atoms with Crippen LogP contribution >= 0.6 is 11.3 Å². The van der Waals surface area contributed by atoms with Crippen molar-refractivity contribution in [1.82, 2.24) is 4.98 Å². The number of anilines is 1. The molecule has 0 spiro atoms. The summed E-state index contributed by atoms with van der Waals surface area (Å²) < 4.78 is 0. The van der Waals surface area contributed by atoms with Crippen LogP contribution in [0.5, 0.6) is 0 Å². The maximum Gasteiger partial charge on any atom is 0.309 e. The molecular formula is C15H16N2O3S. The Balaban J connectivity index is 2.00. The highest BCUT2D eigenvalue weighted by atomic mass is 32.1. The first-order valence-corrected chi connectivity index (χ1v) is 7.35. The molecule has 0 bridgehead atoms. The van der Waals surface area contributed by atoms with E-state index >= 15 is 0 Å². The zero-order valence-corrected chi connectivity index (χ0v) is 12.7. The molecule has 5 nitrogen and oxygen atoms in total. The van der Waals surface area contributed by atoms with Crippen molar-refractivity contribution in [2.24, 2.45) is 0 Å². The molecule has 0 aliphatic heterocycles. The van der Waals surface area contributed by atoms with E-state index in [-0.39, 0.29) is 18.7 Å². The van der Waals surface area contributed by atoms with Crippen molar-refractivity contribution in [3.8, 4) is 0 Å². The summed E-state index contributed by atoms with van der Waals surface area (Å²) in [6.45, 7) is 3.95. The molecule has 0 saturated heterocycles. The highest BCUT2D eigenvalue weighted by Gasteiger charge is 2.11. The van der Waals surface area contributed by atoms with Gasteiger partial charge in [0.2, 0.25) is 5.91 Å². The number of rotatable bonds is 5. The lowest BCUT2D eigenvalue weighted by atomic mass is 10.1. The lowest BCUT2D eigenvalue weighted by molar-refractivity contribution is -0.136. The molecule has 0 aliphatic carbocycles. The second-order valence-corrected chi connectivity index (χ2v) is 5.72. The van der Waals surface area contributed by atoms with E-state index in [4.69, 9.17) is 5.11 Å². The molecule has 0 saturated carbocycles. The Labute approximate surface area is 126 Å². The molecule has 0 atom stereocenters. The third-order valence-corrected chi connectivity index (χ3v) is 4.02. The number of aromatic nitrogens is 1. The SMILES string of the molecule is Cc1cccc(NC(=O)Cc2nc(CC(=O)O)cs2)c1C. The first-order chi connectivity index (χ1) is 9.95. The smallest absolute Gasteiger partial charge is 0.309 e. The van der Waals surface area contributed by atoms with Gasteiger partial charge in [-0.2, -0.15) is 0 Å². The van der Waals surface area contributed by atoms with Crippen molar-refractivity contribution < 1.29 is 14.7 Å². The summed E-state index contributed by atoms with van der Waals surface area (Å²) >= 11 is 1.30. The highest BCUT2D eigenvalue weighted by Crippen LogP contribution is 2.18. The summed E-state index contributed by atoms with van der Waals surface area (Å²) in [5, 5.41) is 13.9. The maximum absolute atomic E-state index is 12.0. The van der Waals surface area contributed by atoms with E-state index in [0.29, 0.717) is 10.7 Å². The fourth-order valence-corrected chi connectivity index (χ4v) is 2.68. The van der Waals surface area contributed by atoms with Crippen LogP contribution in [0.2, 0.25) is 0 Å². The topological polar surface area (TPSA) is 79.3 Å². The minimum Gasteiger partial charge on any atom is -0.481 e. The monoisotopic (exact) mass is 304 g/mol. The molecule has 2 rings (SSSR count). The molecular weight excluding hydrogens is 288 g/mol. The number of nitrogens with one attached hydrogen (secondary N) is 1. The van der Waals surface area contributed by atoms with Gasteiger partial charge >= 0.3 is 5.97 Å². The van der Waals surface area contributed by atoms with E-state index in [1.807, 2.05) is 32.0 Å². The van der Waals surface area contributed by atoms with Gasteiger partial charge in [-0.05, 0) is 31.0 Å². The summed E-state index contributed by atoms with van der Waals surface area (Å²) in [7, 11) is 0. The quantitative estimate of drug-likeness (QED) is 0.889. The number of nitrogens with zero attached hydrogens (tertiary/aromatic N) is 1. The number of carboxylic acids is 1. The van der Waals surface area contributed by atoms with Gasteiger partial charge < -0.3 is 10.4 Å². The molecule has 110 valence electrons. The number of carbonyl (C=O) groups excluding carboxylic acids is 1. The Bertz CT molecular complexity index is 679. The lowest BCUT2D eigenvalue weighted by Crippen LogP contribution is -2.15. The van der Waals surface area contributed by atoms with E-state index in [2.05, 4.69) is 10.3 Å². The zero-order chi connectivity index (χ0) is 15.4. The molecule has 1 aromatic carbocycles. The van der Waals surface area contributed by atoms with Crippen molar-refractivity contribution in [3.63, 3.8) is 0 Å². The predicted molar refractivity (Wildman–Crippen MR) is 81.7 cm³/mol. The molecule has 6 heteroatoms. The molecule has 0 aliphatic rings. The average Bonchev–Trinajstić information content (AvgIpc) is 2.81.